The van der Waals surface area contributed by atoms with Gasteiger partial charge < -0.3 is 11.5 Å². The van der Waals surface area contributed by atoms with E-state index < -0.39 is 0 Å². The molecule has 1 unspecified atom stereocenters. The first-order chi connectivity index (χ1) is 4.16. The van der Waals surface area contributed by atoms with Crippen LogP contribution in [0.25, 0.3) is 0 Å². The summed E-state index contributed by atoms with van der Waals surface area (Å²) in [6, 6.07) is 0. The summed E-state index contributed by atoms with van der Waals surface area (Å²) in [6.45, 7) is 2.64. The molecule has 0 heterocycles. The number of carbonyl (C=O) groups is 1. The van der Waals surface area contributed by atoms with Crippen LogP contribution in [0.1, 0.15) is 19.8 Å². The first kappa shape index (κ1) is 8.43. The molecule has 0 fully saturated rings. The molecular weight excluding hydrogens is 116 g/mol. The topological polar surface area (TPSA) is 69.1 Å². The van der Waals surface area contributed by atoms with Crippen LogP contribution in [0.15, 0.2) is 0 Å². The van der Waals surface area contributed by atoms with Crippen LogP contribution in [0, 0.1) is 5.92 Å². The van der Waals surface area contributed by atoms with Gasteiger partial charge in [-0.1, -0.05) is 6.92 Å². The smallest absolute Gasteiger partial charge is 0.217 e. The molecule has 0 radical (unpaired) electrons. The van der Waals surface area contributed by atoms with Gasteiger partial charge >= 0.3 is 0 Å². The van der Waals surface area contributed by atoms with E-state index in [1.54, 1.807) is 0 Å². The van der Waals surface area contributed by atoms with Gasteiger partial charge in [-0.25, -0.2) is 0 Å². The Balaban J connectivity index is 3.16. The quantitative estimate of drug-likeness (QED) is 0.555. The van der Waals surface area contributed by atoms with E-state index in [-0.39, 0.29) is 5.91 Å². The average Bonchev–Trinajstić information content (AvgIpc) is 1.83. The fourth-order valence-electron chi connectivity index (χ4n) is 0.507. The van der Waals surface area contributed by atoms with Gasteiger partial charge in [0, 0.05) is 6.42 Å². The summed E-state index contributed by atoms with van der Waals surface area (Å²) in [6.07, 6.45) is 1.27. The molecule has 0 saturated heterocycles. The number of rotatable bonds is 4. The largest absolute Gasteiger partial charge is 0.370 e. The molecule has 0 aromatic rings. The Morgan fingerprint density at radius 1 is 1.67 bits per heavy atom. The van der Waals surface area contributed by atoms with Gasteiger partial charge in [-0.2, -0.15) is 0 Å². The Morgan fingerprint density at radius 3 is 2.56 bits per heavy atom. The molecule has 0 aromatic heterocycles. The van der Waals surface area contributed by atoms with Crippen LogP contribution in [0.5, 0.6) is 0 Å². The summed E-state index contributed by atoms with van der Waals surface area (Å²) in [5, 5.41) is 0. The van der Waals surface area contributed by atoms with Gasteiger partial charge in [-0.3, -0.25) is 4.79 Å². The second-order valence-electron chi connectivity index (χ2n) is 2.35. The minimum absolute atomic E-state index is 0.240. The van der Waals surface area contributed by atoms with Crippen LogP contribution in [0.2, 0.25) is 0 Å². The molecule has 3 heteroatoms. The van der Waals surface area contributed by atoms with E-state index in [0.717, 1.165) is 6.42 Å². The zero-order valence-corrected chi connectivity index (χ0v) is 5.76. The van der Waals surface area contributed by atoms with Crippen molar-refractivity contribution in [3.05, 3.63) is 0 Å². The average molecular weight is 130 g/mol. The Kier molecular flexibility index (Phi) is 4.05. The van der Waals surface area contributed by atoms with E-state index in [4.69, 9.17) is 11.5 Å². The second-order valence-corrected chi connectivity index (χ2v) is 2.35. The van der Waals surface area contributed by atoms with E-state index in [2.05, 4.69) is 0 Å². The summed E-state index contributed by atoms with van der Waals surface area (Å²) < 4.78 is 0. The Morgan fingerprint density at radius 2 is 2.22 bits per heavy atom. The molecule has 3 nitrogen and oxygen atoms in total. The van der Waals surface area contributed by atoms with Crippen molar-refractivity contribution in [1.82, 2.24) is 0 Å². The molecule has 0 rings (SSSR count). The third-order valence-corrected chi connectivity index (χ3v) is 1.29. The number of hydrogen-bond acceptors (Lipinski definition) is 2. The molecule has 0 aromatic carbocycles. The summed E-state index contributed by atoms with van der Waals surface area (Å²) in [5.74, 6) is 0.174. The number of primary amides is 1. The molecule has 4 N–H and O–H groups in total. The van der Waals surface area contributed by atoms with Crippen molar-refractivity contribution in [3.8, 4) is 0 Å². The summed E-state index contributed by atoms with van der Waals surface area (Å²) in [7, 11) is 0. The Bertz CT molecular complexity index is 93.1. The van der Waals surface area contributed by atoms with Crippen LogP contribution in [0.4, 0.5) is 0 Å². The maximum atomic E-state index is 10.2. The number of nitrogens with two attached hydrogens (primary N) is 2. The zero-order valence-electron chi connectivity index (χ0n) is 5.76. The fraction of sp³-hybridized carbons (Fsp3) is 0.833. The predicted molar refractivity (Wildman–Crippen MR) is 36.6 cm³/mol. The molecule has 0 saturated carbocycles. The van der Waals surface area contributed by atoms with Crippen molar-refractivity contribution >= 4 is 5.91 Å². The van der Waals surface area contributed by atoms with Gasteiger partial charge in [0.05, 0.1) is 0 Å². The molecule has 0 spiro atoms. The standard InChI is InChI=1S/C6H14N2O/c1-5(4-7)2-3-6(8)9/h5H,2-4,7H2,1H3,(H2,8,9). The van der Waals surface area contributed by atoms with E-state index in [1.165, 1.54) is 0 Å². The molecule has 0 aliphatic rings. The molecule has 1 atom stereocenters. The molecule has 0 aliphatic heterocycles. The van der Waals surface area contributed by atoms with Crippen LogP contribution >= 0.6 is 0 Å². The monoisotopic (exact) mass is 130 g/mol. The summed E-state index contributed by atoms with van der Waals surface area (Å²) in [5.41, 5.74) is 10.2. The maximum absolute atomic E-state index is 10.2. The lowest BCUT2D eigenvalue weighted by Crippen LogP contribution is -2.16. The number of carbonyl (C=O) groups excluding carboxylic acids is 1. The first-order valence-electron chi connectivity index (χ1n) is 3.15. The van der Waals surface area contributed by atoms with Crippen LogP contribution < -0.4 is 11.5 Å². The van der Waals surface area contributed by atoms with Crippen LogP contribution in [0.3, 0.4) is 0 Å². The van der Waals surface area contributed by atoms with Gasteiger partial charge in [-0.15, -0.1) is 0 Å². The number of hydrogen-bond donors (Lipinski definition) is 2. The highest BCUT2D eigenvalue weighted by molar-refractivity contribution is 5.73. The van der Waals surface area contributed by atoms with E-state index in [0.29, 0.717) is 18.9 Å². The lowest BCUT2D eigenvalue weighted by Gasteiger charge is -2.03. The van der Waals surface area contributed by atoms with Gasteiger partial charge in [0.25, 0.3) is 0 Å². The molecular formula is C6H14N2O. The minimum Gasteiger partial charge on any atom is -0.370 e. The van der Waals surface area contributed by atoms with Crippen molar-refractivity contribution in [2.75, 3.05) is 6.54 Å². The second kappa shape index (κ2) is 4.32. The van der Waals surface area contributed by atoms with Crippen molar-refractivity contribution in [2.45, 2.75) is 19.8 Å². The summed E-state index contributed by atoms with van der Waals surface area (Å²) >= 11 is 0. The first-order valence-corrected chi connectivity index (χ1v) is 3.15. The highest BCUT2D eigenvalue weighted by Crippen LogP contribution is 2.01. The van der Waals surface area contributed by atoms with Gasteiger partial charge in [0.1, 0.15) is 0 Å². The van der Waals surface area contributed by atoms with Gasteiger partial charge in [0.15, 0.2) is 0 Å². The van der Waals surface area contributed by atoms with Crippen molar-refractivity contribution < 1.29 is 4.79 Å². The maximum Gasteiger partial charge on any atom is 0.217 e. The lowest BCUT2D eigenvalue weighted by atomic mass is 10.1. The van der Waals surface area contributed by atoms with Crippen molar-refractivity contribution in [2.24, 2.45) is 17.4 Å². The third kappa shape index (κ3) is 5.30. The normalized spacial score (nSPS) is 13.1. The predicted octanol–water partition coefficient (Wildman–Crippen LogP) is -0.153. The Labute approximate surface area is 55.4 Å². The van der Waals surface area contributed by atoms with Crippen LogP contribution in [-0.4, -0.2) is 12.5 Å². The zero-order chi connectivity index (χ0) is 7.28. The van der Waals surface area contributed by atoms with Crippen molar-refractivity contribution in [1.29, 1.82) is 0 Å². The molecule has 1 amide bonds. The van der Waals surface area contributed by atoms with E-state index in [1.807, 2.05) is 6.92 Å². The highest BCUT2D eigenvalue weighted by atomic mass is 16.1. The van der Waals surface area contributed by atoms with Crippen molar-refractivity contribution in [3.63, 3.8) is 0 Å². The molecule has 0 aliphatic carbocycles. The van der Waals surface area contributed by atoms with Gasteiger partial charge in [0.2, 0.25) is 5.91 Å². The summed E-state index contributed by atoms with van der Waals surface area (Å²) in [4.78, 5) is 10.2. The molecule has 0 bridgehead atoms. The SMILES string of the molecule is CC(CN)CCC(N)=O. The lowest BCUT2D eigenvalue weighted by molar-refractivity contribution is -0.118. The molecule has 9 heavy (non-hydrogen) atoms. The van der Waals surface area contributed by atoms with E-state index >= 15 is 0 Å². The molecule has 54 valence electrons. The van der Waals surface area contributed by atoms with Gasteiger partial charge in [-0.05, 0) is 18.9 Å². The Hall–Kier alpha value is -0.570. The number of amides is 1. The minimum atomic E-state index is -0.240. The van der Waals surface area contributed by atoms with E-state index in [9.17, 15) is 4.79 Å². The fourth-order valence-corrected chi connectivity index (χ4v) is 0.507. The third-order valence-electron chi connectivity index (χ3n) is 1.29. The van der Waals surface area contributed by atoms with Crippen LogP contribution in [-0.2, 0) is 4.79 Å². The highest BCUT2D eigenvalue weighted by Gasteiger charge is 2.00.